The van der Waals surface area contributed by atoms with Gasteiger partial charge >= 0.3 is 0 Å². The summed E-state index contributed by atoms with van der Waals surface area (Å²) in [5.41, 5.74) is 9.57. The molecule has 0 bridgehead atoms. The summed E-state index contributed by atoms with van der Waals surface area (Å²) in [6.45, 7) is 2.73. The Balaban J connectivity index is 1.79. The van der Waals surface area contributed by atoms with Crippen LogP contribution < -0.4 is 11.1 Å². The number of hydrogen-bond acceptors (Lipinski definition) is 8. The minimum Gasteiger partial charge on any atom is -0.383 e. The van der Waals surface area contributed by atoms with Gasteiger partial charge in [0, 0.05) is 24.7 Å². The highest BCUT2D eigenvalue weighted by atomic mass is 32.1. The molecule has 3 N–H and O–H groups in total. The molecule has 0 fully saturated rings. The Bertz CT molecular complexity index is 1030. The zero-order chi connectivity index (χ0) is 17.4. The molecule has 4 rings (SSSR count). The van der Waals surface area contributed by atoms with Crippen molar-refractivity contribution < 1.29 is 0 Å². The van der Waals surface area contributed by atoms with Crippen LogP contribution in [0.3, 0.4) is 0 Å². The summed E-state index contributed by atoms with van der Waals surface area (Å²) in [5.74, 6) is 0.437. The van der Waals surface area contributed by atoms with Crippen molar-refractivity contribution in [3.63, 3.8) is 0 Å². The first kappa shape index (κ1) is 15.5. The maximum absolute atomic E-state index is 6.07. The van der Waals surface area contributed by atoms with Crippen LogP contribution in [0.4, 0.5) is 10.9 Å². The van der Waals surface area contributed by atoms with Crippen molar-refractivity contribution in [2.45, 2.75) is 13.5 Å². The third-order valence-electron chi connectivity index (χ3n) is 3.90. The van der Waals surface area contributed by atoms with Gasteiger partial charge in [-0.3, -0.25) is 0 Å². The topological polar surface area (TPSA) is 107 Å². The number of aromatic nitrogens is 6. The number of nitrogen functional groups attached to an aromatic ring is 1. The molecule has 3 heterocycles. The highest BCUT2D eigenvalue weighted by Crippen LogP contribution is 2.32. The van der Waals surface area contributed by atoms with Gasteiger partial charge in [0.15, 0.2) is 5.65 Å². The van der Waals surface area contributed by atoms with E-state index >= 15 is 0 Å². The third kappa shape index (κ3) is 2.58. The maximum atomic E-state index is 6.07. The number of rotatable bonds is 4. The number of anilines is 2. The van der Waals surface area contributed by atoms with Crippen LogP contribution in [0.2, 0.25) is 0 Å². The van der Waals surface area contributed by atoms with Crippen LogP contribution in [0.1, 0.15) is 6.92 Å². The van der Waals surface area contributed by atoms with Crippen LogP contribution in [0.5, 0.6) is 0 Å². The molecule has 0 amide bonds. The molecule has 0 atom stereocenters. The SMILES string of the molecule is CCn1nc(-c2ccc(-c3nnc(NC)s3)cc2)c2c(N)ncnc21. The lowest BCUT2D eigenvalue weighted by Gasteiger charge is -2.01. The molecule has 1 aromatic carbocycles. The fraction of sp³-hybridized carbons (Fsp3) is 0.188. The van der Waals surface area contributed by atoms with Crippen LogP contribution in [0.15, 0.2) is 30.6 Å². The highest BCUT2D eigenvalue weighted by Gasteiger charge is 2.16. The molecule has 3 aromatic heterocycles. The quantitative estimate of drug-likeness (QED) is 0.581. The van der Waals surface area contributed by atoms with Gasteiger partial charge in [-0.2, -0.15) is 5.10 Å². The lowest BCUT2D eigenvalue weighted by molar-refractivity contribution is 0.679. The molecule has 0 aliphatic carbocycles. The number of nitrogens with zero attached hydrogens (tertiary/aromatic N) is 6. The molecular weight excluding hydrogens is 336 g/mol. The molecular formula is C16H16N8S. The monoisotopic (exact) mass is 352 g/mol. The Morgan fingerprint density at radius 2 is 1.88 bits per heavy atom. The number of fused-ring (bicyclic) bond motifs is 1. The Hall–Kier alpha value is -3.07. The Morgan fingerprint density at radius 1 is 1.12 bits per heavy atom. The van der Waals surface area contributed by atoms with E-state index in [-0.39, 0.29) is 0 Å². The van der Waals surface area contributed by atoms with Gasteiger partial charge in [-0.1, -0.05) is 35.6 Å². The van der Waals surface area contributed by atoms with Gasteiger partial charge < -0.3 is 11.1 Å². The molecule has 8 nitrogen and oxygen atoms in total. The second-order valence-electron chi connectivity index (χ2n) is 5.36. The Kier molecular flexibility index (Phi) is 3.77. The molecule has 4 aromatic rings. The average Bonchev–Trinajstić information content (AvgIpc) is 3.27. The van der Waals surface area contributed by atoms with Crippen LogP contribution in [0.25, 0.3) is 32.9 Å². The molecule has 126 valence electrons. The largest absolute Gasteiger partial charge is 0.383 e. The van der Waals surface area contributed by atoms with Gasteiger partial charge in [-0.15, -0.1) is 10.2 Å². The molecule has 25 heavy (non-hydrogen) atoms. The average molecular weight is 352 g/mol. The summed E-state index contributed by atoms with van der Waals surface area (Å²) < 4.78 is 1.83. The van der Waals surface area contributed by atoms with Crippen molar-refractivity contribution in [2.24, 2.45) is 0 Å². The first-order chi connectivity index (χ1) is 12.2. The van der Waals surface area contributed by atoms with Gasteiger partial charge in [0.25, 0.3) is 0 Å². The molecule has 0 saturated heterocycles. The van der Waals surface area contributed by atoms with E-state index in [1.54, 1.807) is 0 Å². The summed E-state index contributed by atoms with van der Waals surface area (Å²) in [6, 6.07) is 8.02. The van der Waals surface area contributed by atoms with Crippen LogP contribution in [0, 0.1) is 0 Å². The summed E-state index contributed by atoms with van der Waals surface area (Å²) in [5, 5.41) is 18.3. The smallest absolute Gasteiger partial charge is 0.205 e. The molecule has 0 spiro atoms. The predicted molar refractivity (Wildman–Crippen MR) is 99.3 cm³/mol. The van der Waals surface area contributed by atoms with E-state index in [1.807, 2.05) is 42.9 Å². The number of aryl methyl sites for hydroxylation is 1. The van der Waals surface area contributed by atoms with Gasteiger partial charge in [0.2, 0.25) is 5.13 Å². The number of benzene rings is 1. The van der Waals surface area contributed by atoms with Crippen molar-refractivity contribution >= 4 is 33.3 Å². The van der Waals surface area contributed by atoms with Crippen molar-refractivity contribution in [1.29, 1.82) is 0 Å². The van der Waals surface area contributed by atoms with Crippen molar-refractivity contribution in [3.8, 4) is 21.8 Å². The molecule has 0 aliphatic heterocycles. The van der Waals surface area contributed by atoms with Crippen LogP contribution in [-0.2, 0) is 6.54 Å². The third-order valence-corrected chi connectivity index (χ3v) is 4.89. The number of hydrogen-bond donors (Lipinski definition) is 2. The minimum atomic E-state index is 0.437. The van der Waals surface area contributed by atoms with Gasteiger partial charge in [-0.05, 0) is 6.92 Å². The van der Waals surface area contributed by atoms with E-state index < -0.39 is 0 Å². The second-order valence-corrected chi connectivity index (χ2v) is 6.34. The predicted octanol–water partition coefficient (Wildman–Crippen LogP) is 2.66. The fourth-order valence-electron chi connectivity index (χ4n) is 2.66. The van der Waals surface area contributed by atoms with Gasteiger partial charge in [0.1, 0.15) is 22.8 Å². The highest BCUT2D eigenvalue weighted by molar-refractivity contribution is 7.18. The van der Waals surface area contributed by atoms with Crippen molar-refractivity contribution in [3.05, 3.63) is 30.6 Å². The minimum absolute atomic E-state index is 0.437. The molecule has 9 heteroatoms. The molecule has 0 saturated carbocycles. The van der Waals surface area contributed by atoms with E-state index in [4.69, 9.17) is 5.73 Å². The van der Waals surface area contributed by atoms with E-state index in [0.29, 0.717) is 12.4 Å². The fourth-order valence-corrected chi connectivity index (χ4v) is 3.37. The van der Waals surface area contributed by atoms with Crippen LogP contribution >= 0.6 is 11.3 Å². The van der Waals surface area contributed by atoms with Gasteiger partial charge in [-0.25, -0.2) is 14.6 Å². The summed E-state index contributed by atoms with van der Waals surface area (Å²) in [6.07, 6.45) is 1.47. The zero-order valence-corrected chi connectivity index (χ0v) is 14.6. The lowest BCUT2D eigenvalue weighted by Crippen LogP contribution is -1.98. The zero-order valence-electron chi connectivity index (χ0n) is 13.8. The summed E-state index contributed by atoms with van der Waals surface area (Å²) in [7, 11) is 1.83. The lowest BCUT2D eigenvalue weighted by atomic mass is 10.1. The van der Waals surface area contributed by atoms with E-state index in [1.165, 1.54) is 17.7 Å². The number of nitrogens with one attached hydrogen (secondary N) is 1. The van der Waals surface area contributed by atoms with Crippen molar-refractivity contribution in [1.82, 2.24) is 29.9 Å². The van der Waals surface area contributed by atoms with Crippen molar-refractivity contribution in [2.75, 3.05) is 18.1 Å². The normalized spacial score (nSPS) is 11.1. The standard InChI is InChI=1S/C16H16N8S/c1-3-24-14-11(13(17)19-8-20-14)12(23-24)9-4-6-10(7-5-9)15-21-22-16(18-2)25-15/h4-8H,3H2,1-2H3,(H,18,22)(H2,17,19,20). The Morgan fingerprint density at radius 3 is 2.56 bits per heavy atom. The first-order valence-corrected chi connectivity index (χ1v) is 8.62. The van der Waals surface area contributed by atoms with E-state index in [9.17, 15) is 0 Å². The maximum Gasteiger partial charge on any atom is 0.205 e. The summed E-state index contributed by atoms with van der Waals surface area (Å²) >= 11 is 1.51. The summed E-state index contributed by atoms with van der Waals surface area (Å²) in [4.78, 5) is 8.43. The second kappa shape index (κ2) is 6.10. The van der Waals surface area contributed by atoms with Gasteiger partial charge in [0.05, 0.1) is 5.39 Å². The van der Waals surface area contributed by atoms with E-state index in [2.05, 4.69) is 30.6 Å². The van der Waals surface area contributed by atoms with Crippen LogP contribution in [-0.4, -0.2) is 37.0 Å². The molecule has 0 unspecified atom stereocenters. The molecule has 0 radical (unpaired) electrons. The first-order valence-electron chi connectivity index (χ1n) is 7.80. The molecule has 0 aliphatic rings. The van der Waals surface area contributed by atoms with E-state index in [0.717, 1.165) is 38.0 Å². The Labute approximate surface area is 147 Å². The number of nitrogens with two attached hydrogens (primary N) is 1.